The van der Waals surface area contributed by atoms with Gasteiger partial charge in [-0.2, -0.15) is 0 Å². The maximum absolute atomic E-state index is 11.1. The van der Waals surface area contributed by atoms with Crippen LogP contribution in [0.3, 0.4) is 0 Å². The largest absolute Gasteiger partial charge is 0.311 e. The lowest BCUT2D eigenvalue weighted by atomic mass is 10.4. The van der Waals surface area contributed by atoms with E-state index in [1.165, 1.54) is 6.26 Å². The minimum atomic E-state index is -2.89. The highest BCUT2D eigenvalue weighted by molar-refractivity contribution is 7.90. The number of aromatic nitrogens is 3. The summed E-state index contributed by atoms with van der Waals surface area (Å²) in [6.45, 7) is 5.67. The van der Waals surface area contributed by atoms with Gasteiger partial charge in [0.05, 0.1) is 18.0 Å². The van der Waals surface area contributed by atoms with E-state index in [0.717, 1.165) is 25.3 Å². The number of rotatable bonds is 9. The Balaban J connectivity index is 2.29. The fourth-order valence-electron chi connectivity index (χ4n) is 1.49. The van der Waals surface area contributed by atoms with Crippen LogP contribution in [0.15, 0.2) is 6.20 Å². The Hall–Kier alpha value is -0.990. The molecule has 0 aromatic carbocycles. The smallest absolute Gasteiger partial charge is 0.148 e. The van der Waals surface area contributed by atoms with Crippen molar-refractivity contribution in [3.63, 3.8) is 0 Å². The summed E-state index contributed by atoms with van der Waals surface area (Å²) in [5, 5.41) is 11.3. The van der Waals surface area contributed by atoms with Gasteiger partial charge in [0.2, 0.25) is 0 Å². The van der Waals surface area contributed by atoms with Crippen LogP contribution in [0, 0.1) is 0 Å². The highest BCUT2D eigenvalue weighted by Crippen LogP contribution is 1.94. The van der Waals surface area contributed by atoms with E-state index in [1.807, 2.05) is 25.1 Å². The van der Waals surface area contributed by atoms with Gasteiger partial charge in [0.25, 0.3) is 0 Å². The third-order valence-corrected chi connectivity index (χ3v) is 3.62. The van der Waals surface area contributed by atoms with Gasteiger partial charge in [-0.1, -0.05) is 12.1 Å². The van der Waals surface area contributed by atoms with Crippen molar-refractivity contribution in [2.75, 3.05) is 38.7 Å². The fraction of sp³-hybridized carbons (Fsp3) is 0.818. The lowest BCUT2D eigenvalue weighted by Crippen LogP contribution is -2.28. The third-order valence-electron chi connectivity index (χ3n) is 2.70. The first-order valence-electron chi connectivity index (χ1n) is 6.36. The summed E-state index contributed by atoms with van der Waals surface area (Å²) >= 11 is 0. The summed E-state index contributed by atoms with van der Waals surface area (Å²) < 4.78 is 23.9. The Kier molecular flexibility index (Phi) is 6.40. The Labute approximate surface area is 114 Å². The SMILES string of the molecule is CCNCc1cn(CCN(C)CCS(C)(=O)=O)nn1. The lowest BCUT2D eigenvalue weighted by molar-refractivity contribution is 0.327. The normalized spacial score (nSPS) is 12.2. The number of hydrogen-bond acceptors (Lipinski definition) is 6. The van der Waals surface area contributed by atoms with Crippen LogP contribution < -0.4 is 5.32 Å². The Morgan fingerprint density at radius 2 is 2.16 bits per heavy atom. The van der Waals surface area contributed by atoms with Crippen molar-refractivity contribution in [1.82, 2.24) is 25.2 Å². The summed E-state index contributed by atoms with van der Waals surface area (Å²) in [7, 11) is -0.989. The molecule has 0 saturated carbocycles. The van der Waals surface area contributed by atoms with Crippen LogP contribution in [0.2, 0.25) is 0 Å². The van der Waals surface area contributed by atoms with Gasteiger partial charge >= 0.3 is 0 Å². The molecule has 0 saturated heterocycles. The van der Waals surface area contributed by atoms with Gasteiger partial charge in [-0.3, -0.25) is 4.68 Å². The molecule has 1 N–H and O–H groups in total. The van der Waals surface area contributed by atoms with Crippen LogP contribution in [-0.4, -0.2) is 67.0 Å². The third kappa shape index (κ3) is 7.24. The molecule has 0 spiro atoms. The van der Waals surface area contributed by atoms with Crippen LogP contribution >= 0.6 is 0 Å². The molecule has 0 aliphatic carbocycles. The van der Waals surface area contributed by atoms with E-state index in [1.54, 1.807) is 4.68 Å². The second-order valence-corrected chi connectivity index (χ2v) is 6.95. The van der Waals surface area contributed by atoms with Crippen molar-refractivity contribution in [2.45, 2.75) is 20.0 Å². The van der Waals surface area contributed by atoms with Gasteiger partial charge in [-0.15, -0.1) is 5.10 Å². The molecule has 110 valence electrons. The first-order valence-corrected chi connectivity index (χ1v) is 8.42. The minimum Gasteiger partial charge on any atom is -0.311 e. The second-order valence-electron chi connectivity index (χ2n) is 4.69. The average Bonchev–Trinajstić information content (AvgIpc) is 2.78. The molecular weight excluding hydrogens is 266 g/mol. The predicted molar refractivity (Wildman–Crippen MR) is 74.6 cm³/mol. The van der Waals surface area contributed by atoms with Crippen LogP contribution in [0.4, 0.5) is 0 Å². The van der Waals surface area contributed by atoms with Crippen molar-refractivity contribution in [1.29, 1.82) is 0 Å². The molecule has 0 radical (unpaired) electrons. The van der Waals surface area contributed by atoms with Crippen molar-refractivity contribution < 1.29 is 8.42 Å². The molecule has 0 unspecified atom stereocenters. The molecule has 1 heterocycles. The van der Waals surface area contributed by atoms with Gasteiger partial charge in [0.15, 0.2) is 0 Å². The Morgan fingerprint density at radius 1 is 1.42 bits per heavy atom. The van der Waals surface area contributed by atoms with E-state index in [9.17, 15) is 8.42 Å². The molecule has 19 heavy (non-hydrogen) atoms. The summed E-state index contributed by atoms with van der Waals surface area (Å²) in [4.78, 5) is 1.98. The van der Waals surface area contributed by atoms with E-state index >= 15 is 0 Å². The van der Waals surface area contributed by atoms with Gasteiger partial charge in [0.1, 0.15) is 9.84 Å². The van der Waals surface area contributed by atoms with Gasteiger partial charge in [0, 0.05) is 32.1 Å². The van der Waals surface area contributed by atoms with Gasteiger partial charge in [-0.05, 0) is 13.6 Å². The second kappa shape index (κ2) is 7.56. The molecule has 8 heteroatoms. The number of likely N-dealkylation sites (N-methyl/N-ethyl adjacent to an activating group) is 1. The van der Waals surface area contributed by atoms with Gasteiger partial charge in [-0.25, -0.2) is 8.42 Å². The van der Waals surface area contributed by atoms with Crippen LogP contribution in [0.5, 0.6) is 0 Å². The number of nitrogens with one attached hydrogen (secondary N) is 1. The number of hydrogen-bond donors (Lipinski definition) is 1. The standard InChI is InChI=1S/C11H23N5O2S/c1-4-12-9-11-10-16(14-13-11)6-5-15(2)7-8-19(3,17)18/h10,12H,4-9H2,1-3H3. The molecule has 0 aliphatic heterocycles. The number of nitrogens with zero attached hydrogens (tertiary/aromatic N) is 4. The molecule has 0 amide bonds. The maximum Gasteiger partial charge on any atom is 0.148 e. The van der Waals surface area contributed by atoms with Crippen LogP contribution in [0.25, 0.3) is 0 Å². The van der Waals surface area contributed by atoms with Crippen molar-refractivity contribution in [3.05, 3.63) is 11.9 Å². The van der Waals surface area contributed by atoms with E-state index in [-0.39, 0.29) is 5.75 Å². The topological polar surface area (TPSA) is 80.1 Å². The van der Waals surface area contributed by atoms with Crippen molar-refractivity contribution >= 4 is 9.84 Å². The average molecular weight is 289 g/mol. The molecule has 0 bridgehead atoms. The quantitative estimate of drug-likeness (QED) is 0.651. The first-order chi connectivity index (χ1) is 8.90. The van der Waals surface area contributed by atoms with Crippen LogP contribution in [0.1, 0.15) is 12.6 Å². The van der Waals surface area contributed by atoms with Crippen molar-refractivity contribution in [2.24, 2.45) is 0 Å². The number of sulfone groups is 1. The monoisotopic (exact) mass is 289 g/mol. The molecule has 1 rings (SSSR count). The van der Waals surface area contributed by atoms with E-state index in [4.69, 9.17) is 0 Å². The first kappa shape index (κ1) is 16.1. The van der Waals surface area contributed by atoms with Crippen LogP contribution in [-0.2, 0) is 22.9 Å². The molecular formula is C11H23N5O2S. The molecule has 1 aromatic heterocycles. The molecule has 0 atom stereocenters. The molecule has 0 fully saturated rings. The fourth-order valence-corrected chi connectivity index (χ4v) is 2.13. The minimum absolute atomic E-state index is 0.187. The molecule has 1 aromatic rings. The Morgan fingerprint density at radius 3 is 2.79 bits per heavy atom. The maximum atomic E-state index is 11.1. The summed E-state index contributed by atoms with van der Waals surface area (Å²) in [6.07, 6.45) is 3.17. The zero-order chi connectivity index (χ0) is 14.3. The van der Waals surface area contributed by atoms with Crippen molar-refractivity contribution in [3.8, 4) is 0 Å². The summed E-state index contributed by atoms with van der Waals surface area (Å²) in [6, 6.07) is 0. The predicted octanol–water partition coefficient (Wildman–Crippen LogP) is -0.636. The molecule has 0 aliphatic rings. The van der Waals surface area contributed by atoms with E-state index in [2.05, 4.69) is 15.6 Å². The Bertz CT molecular complexity index is 471. The zero-order valence-electron chi connectivity index (χ0n) is 11.8. The van der Waals surface area contributed by atoms with Gasteiger partial charge < -0.3 is 10.2 Å². The highest BCUT2D eigenvalue weighted by atomic mass is 32.2. The molecule has 7 nitrogen and oxygen atoms in total. The van der Waals surface area contributed by atoms with E-state index < -0.39 is 9.84 Å². The lowest BCUT2D eigenvalue weighted by Gasteiger charge is -2.15. The zero-order valence-corrected chi connectivity index (χ0v) is 12.7. The summed E-state index contributed by atoms with van der Waals surface area (Å²) in [5.74, 6) is 0.187. The highest BCUT2D eigenvalue weighted by Gasteiger charge is 2.06. The summed E-state index contributed by atoms with van der Waals surface area (Å²) in [5.41, 5.74) is 0.917. The van der Waals surface area contributed by atoms with E-state index in [0.29, 0.717) is 13.1 Å².